The second-order valence-corrected chi connectivity index (χ2v) is 10.6. The van der Waals surface area contributed by atoms with Crippen molar-refractivity contribution in [3.63, 3.8) is 0 Å². The number of nitrogens with two attached hydrogens (primary N) is 3. The van der Waals surface area contributed by atoms with Crippen molar-refractivity contribution in [2.75, 3.05) is 13.1 Å². The predicted octanol–water partition coefficient (Wildman–Crippen LogP) is 0.881. The first-order valence-electron chi connectivity index (χ1n) is 14.5. The van der Waals surface area contributed by atoms with E-state index in [9.17, 15) is 24.3 Å². The monoisotopic (exact) mass is 573 g/mol. The molecule has 1 heterocycles. The predicted molar refractivity (Wildman–Crippen MR) is 159 cm³/mol. The van der Waals surface area contributed by atoms with Crippen molar-refractivity contribution in [3.8, 4) is 0 Å². The minimum Gasteiger partial charge on any atom is -0.480 e. The van der Waals surface area contributed by atoms with Crippen molar-refractivity contribution < 1.29 is 24.3 Å². The molecule has 0 aliphatic carbocycles. The molecule has 0 saturated heterocycles. The van der Waals surface area contributed by atoms with Gasteiger partial charge in [0.1, 0.15) is 18.1 Å². The van der Waals surface area contributed by atoms with Gasteiger partial charge < -0.3 is 43.2 Å². The molecule has 0 bridgehead atoms. The summed E-state index contributed by atoms with van der Waals surface area (Å²) >= 11 is 0. The quantitative estimate of drug-likeness (QED) is 0.112. The number of benzene rings is 1. The van der Waals surface area contributed by atoms with Crippen molar-refractivity contribution in [3.05, 3.63) is 36.0 Å². The lowest BCUT2D eigenvalue weighted by Gasteiger charge is -2.26. The first-order valence-corrected chi connectivity index (χ1v) is 14.5. The van der Waals surface area contributed by atoms with Gasteiger partial charge in [0, 0.05) is 23.5 Å². The van der Waals surface area contributed by atoms with Crippen molar-refractivity contribution in [2.24, 2.45) is 23.1 Å². The topological polar surface area (TPSA) is 218 Å². The lowest BCUT2D eigenvalue weighted by Crippen LogP contribution is -2.58. The van der Waals surface area contributed by atoms with Gasteiger partial charge in [-0.25, -0.2) is 4.79 Å². The van der Waals surface area contributed by atoms with Gasteiger partial charge in [-0.05, 0) is 62.7 Å². The van der Waals surface area contributed by atoms with Crippen molar-refractivity contribution in [2.45, 2.75) is 89.4 Å². The number of aromatic amines is 1. The zero-order valence-corrected chi connectivity index (χ0v) is 24.2. The molecular weight excluding hydrogens is 526 g/mol. The number of amides is 3. The van der Waals surface area contributed by atoms with Crippen LogP contribution in [0.25, 0.3) is 10.9 Å². The summed E-state index contributed by atoms with van der Waals surface area (Å²) in [4.78, 5) is 55.0. The Balaban J connectivity index is 2.29. The number of nitrogens with one attached hydrogen (secondary N) is 4. The molecule has 3 amide bonds. The van der Waals surface area contributed by atoms with Gasteiger partial charge in [0.15, 0.2) is 0 Å². The van der Waals surface area contributed by atoms with Crippen LogP contribution in [0.4, 0.5) is 0 Å². The Labute approximate surface area is 241 Å². The molecule has 228 valence electrons. The van der Waals surface area contributed by atoms with E-state index < -0.39 is 47.9 Å². The SMILES string of the molecule is CCC(C)C(NC(=O)C(Cc1c[nH]c2ccccc12)NC(=O)C(CCCCN)NC(=O)C(N)CCCCN)C(=O)O. The average molecular weight is 574 g/mol. The Bertz CT molecular complexity index is 1140. The van der Waals surface area contributed by atoms with Crippen LogP contribution in [0.15, 0.2) is 30.5 Å². The molecule has 2 rings (SSSR count). The Morgan fingerprint density at radius 3 is 2.12 bits per heavy atom. The summed E-state index contributed by atoms with van der Waals surface area (Å²) in [5.74, 6) is -3.12. The van der Waals surface area contributed by atoms with Crippen LogP contribution in [0.3, 0.4) is 0 Å². The first kappa shape index (κ1) is 33.7. The molecule has 1 aromatic carbocycles. The van der Waals surface area contributed by atoms with Crippen molar-refractivity contribution in [1.29, 1.82) is 0 Å². The molecule has 12 nitrogen and oxygen atoms in total. The van der Waals surface area contributed by atoms with E-state index in [1.807, 2.05) is 31.2 Å². The van der Waals surface area contributed by atoms with Crippen LogP contribution in [-0.2, 0) is 25.6 Å². The number of aromatic nitrogens is 1. The average Bonchev–Trinajstić information content (AvgIpc) is 3.36. The number of hydrogen-bond acceptors (Lipinski definition) is 7. The highest BCUT2D eigenvalue weighted by Gasteiger charge is 2.32. The largest absolute Gasteiger partial charge is 0.480 e. The minimum atomic E-state index is -1.15. The van der Waals surface area contributed by atoms with E-state index in [-0.39, 0.29) is 12.3 Å². The van der Waals surface area contributed by atoms with E-state index in [1.165, 1.54) is 0 Å². The summed E-state index contributed by atoms with van der Waals surface area (Å²) in [5, 5.41) is 18.8. The Morgan fingerprint density at radius 2 is 1.49 bits per heavy atom. The Morgan fingerprint density at radius 1 is 0.878 bits per heavy atom. The van der Waals surface area contributed by atoms with E-state index in [0.29, 0.717) is 51.6 Å². The fourth-order valence-electron chi connectivity index (χ4n) is 4.62. The van der Waals surface area contributed by atoms with E-state index in [2.05, 4.69) is 20.9 Å². The van der Waals surface area contributed by atoms with Crippen LogP contribution in [0.1, 0.15) is 64.4 Å². The summed E-state index contributed by atoms with van der Waals surface area (Å²) < 4.78 is 0. The van der Waals surface area contributed by atoms with Gasteiger partial charge >= 0.3 is 5.97 Å². The van der Waals surface area contributed by atoms with Gasteiger partial charge in [-0.2, -0.15) is 0 Å². The number of unbranched alkanes of at least 4 members (excludes halogenated alkanes) is 2. The number of carboxylic acid groups (broad SMARTS) is 1. The molecule has 5 atom stereocenters. The number of fused-ring (bicyclic) bond motifs is 1. The van der Waals surface area contributed by atoms with E-state index in [4.69, 9.17) is 17.2 Å². The summed E-state index contributed by atoms with van der Waals surface area (Å²) in [6, 6.07) is 3.58. The summed E-state index contributed by atoms with van der Waals surface area (Å²) in [5.41, 5.74) is 18.9. The number of rotatable bonds is 19. The lowest BCUT2D eigenvalue weighted by molar-refractivity contribution is -0.143. The zero-order valence-electron chi connectivity index (χ0n) is 24.2. The molecule has 5 unspecified atom stereocenters. The number of aliphatic carboxylic acids is 1. The molecule has 0 spiro atoms. The lowest BCUT2D eigenvalue weighted by atomic mass is 9.97. The highest BCUT2D eigenvalue weighted by atomic mass is 16.4. The van der Waals surface area contributed by atoms with Gasteiger partial charge in [-0.3, -0.25) is 14.4 Å². The van der Waals surface area contributed by atoms with Gasteiger partial charge in [-0.1, -0.05) is 44.9 Å². The fraction of sp³-hybridized carbons (Fsp3) is 0.586. The van der Waals surface area contributed by atoms with Crippen LogP contribution in [0, 0.1) is 5.92 Å². The molecule has 2 aromatic rings. The second kappa shape index (κ2) is 17.4. The van der Waals surface area contributed by atoms with Crippen LogP contribution >= 0.6 is 0 Å². The molecule has 1 aromatic heterocycles. The Kier molecular flexibility index (Phi) is 14.3. The summed E-state index contributed by atoms with van der Waals surface area (Å²) in [7, 11) is 0. The maximum atomic E-state index is 13.6. The molecule has 0 aliphatic rings. The van der Waals surface area contributed by atoms with Crippen LogP contribution in [-0.4, -0.2) is 71.0 Å². The van der Waals surface area contributed by atoms with Crippen molar-refractivity contribution >= 4 is 34.6 Å². The smallest absolute Gasteiger partial charge is 0.326 e. The standard InChI is InChI=1S/C29H47N7O5/c1-3-18(2)25(29(40)41)36-28(39)24(16-19-17-33-22-12-5-4-10-20(19)22)35-27(38)23(13-7-9-15-31)34-26(37)21(32)11-6-8-14-30/h4-5,10,12,17-18,21,23-25,33H,3,6-9,11,13-16,30-32H2,1-2H3,(H,34,37)(H,35,38)(H,36,39)(H,40,41). The molecule has 0 fully saturated rings. The van der Waals surface area contributed by atoms with Gasteiger partial charge in [-0.15, -0.1) is 0 Å². The number of hydrogen-bond donors (Lipinski definition) is 8. The number of H-pyrrole nitrogens is 1. The third-order valence-corrected chi connectivity index (χ3v) is 7.39. The van der Waals surface area contributed by atoms with E-state index in [1.54, 1.807) is 13.1 Å². The normalized spacial score (nSPS) is 15.0. The molecule has 0 aliphatic heterocycles. The van der Waals surface area contributed by atoms with E-state index >= 15 is 0 Å². The number of para-hydroxylation sites is 1. The summed E-state index contributed by atoms with van der Waals surface area (Å²) in [6.45, 7) is 4.51. The number of carbonyl (C=O) groups is 4. The highest BCUT2D eigenvalue weighted by molar-refractivity contribution is 5.94. The molecule has 11 N–H and O–H groups in total. The fourth-order valence-corrected chi connectivity index (χ4v) is 4.62. The Hall–Kier alpha value is -3.48. The number of carbonyl (C=O) groups excluding carboxylic acids is 3. The third kappa shape index (κ3) is 10.5. The van der Waals surface area contributed by atoms with Crippen LogP contribution < -0.4 is 33.2 Å². The van der Waals surface area contributed by atoms with Crippen LogP contribution in [0.2, 0.25) is 0 Å². The van der Waals surface area contributed by atoms with Gasteiger partial charge in [0.05, 0.1) is 6.04 Å². The van der Waals surface area contributed by atoms with Crippen molar-refractivity contribution in [1.82, 2.24) is 20.9 Å². The summed E-state index contributed by atoms with van der Waals surface area (Å²) in [6.07, 6.45) is 5.79. The maximum Gasteiger partial charge on any atom is 0.326 e. The minimum absolute atomic E-state index is 0.108. The zero-order chi connectivity index (χ0) is 30.4. The third-order valence-electron chi connectivity index (χ3n) is 7.39. The second-order valence-electron chi connectivity index (χ2n) is 10.6. The molecular formula is C29H47N7O5. The maximum absolute atomic E-state index is 13.6. The highest BCUT2D eigenvalue weighted by Crippen LogP contribution is 2.20. The molecule has 0 saturated carbocycles. The first-order chi connectivity index (χ1) is 19.6. The molecule has 41 heavy (non-hydrogen) atoms. The van der Waals surface area contributed by atoms with Crippen LogP contribution in [0.5, 0.6) is 0 Å². The van der Waals surface area contributed by atoms with E-state index in [0.717, 1.165) is 22.9 Å². The van der Waals surface area contributed by atoms with Gasteiger partial charge in [0.2, 0.25) is 17.7 Å². The molecule has 12 heteroatoms. The molecule has 0 radical (unpaired) electrons. The number of carboxylic acids is 1. The van der Waals surface area contributed by atoms with Gasteiger partial charge in [0.25, 0.3) is 0 Å².